The zero-order valence-electron chi connectivity index (χ0n) is 41.7. The van der Waals surface area contributed by atoms with Gasteiger partial charge < -0.3 is 54.7 Å². The van der Waals surface area contributed by atoms with Gasteiger partial charge in [-0.2, -0.15) is 0 Å². The Kier molecular flexibility index (Phi) is 13.4. The minimum Gasteiger partial charge on any atom is -0.508 e. The van der Waals surface area contributed by atoms with E-state index >= 15 is 0 Å². The van der Waals surface area contributed by atoms with Crippen LogP contribution >= 0.6 is 0 Å². The van der Waals surface area contributed by atoms with Crippen molar-refractivity contribution in [2.24, 2.45) is 4.99 Å². The summed E-state index contributed by atoms with van der Waals surface area (Å²) in [5.74, 6) is -5.82. The molecule has 78 heavy (non-hydrogen) atoms. The Morgan fingerprint density at radius 2 is 1.18 bits per heavy atom. The van der Waals surface area contributed by atoms with Crippen LogP contribution in [0.25, 0.3) is 66.8 Å². The molecule has 0 saturated carbocycles. The Morgan fingerprint density at radius 1 is 0.603 bits per heavy atom. The molecule has 0 atom stereocenters. The molecule has 1 aromatic heterocycles. The number of aromatic carboxylic acids is 2. The van der Waals surface area contributed by atoms with Crippen molar-refractivity contribution in [1.82, 2.24) is 15.4 Å². The first kappa shape index (κ1) is 50.8. The number of carbonyl (C=O) groups is 5. The maximum absolute atomic E-state index is 13.6. The maximum Gasteiger partial charge on any atom is 0.363 e. The van der Waals surface area contributed by atoms with E-state index < -0.39 is 46.9 Å². The highest BCUT2D eigenvalue weighted by atomic mass is 16.7. The van der Waals surface area contributed by atoms with E-state index in [4.69, 9.17) is 13.7 Å². The molecule has 390 valence electrons. The first-order valence-electron chi connectivity index (χ1n) is 24.1. The maximum atomic E-state index is 13.6. The number of hydrogen-bond donors (Lipinski definition) is 7. The highest BCUT2D eigenvalue weighted by Crippen LogP contribution is 2.45. The molecule has 0 unspecified atom stereocenters. The molecular formula is C59H45N5O14. The summed E-state index contributed by atoms with van der Waals surface area (Å²) in [5.41, 5.74) is 3.37. The van der Waals surface area contributed by atoms with E-state index in [1.807, 2.05) is 62.3 Å². The minimum absolute atomic E-state index is 0.00826. The molecule has 2 aliphatic carbocycles. The number of amides is 2. The summed E-state index contributed by atoms with van der Waals surface area (Å²) >= 11 is 0. The van der Waals surface area contributed by atoms with E-state index in [1.54, 1.807) is 24.3 Å². The number of carbonyl (C=O) groups excluding carboxylic acids is 3. The van der Waals surface area contributed by atoms with Gasteiger partial charge in [-0.3, -0.25) is 19.4 Å². The molecule has 0 saturated heterocycles. The van der Waals surface area contributed by atoms with Gasteiger partial charge in [0.05, 0.1) is 34.2 Å². The van der Waals surface area contributed by atoms with Crippen molar-refractivity contribution in [1.29, 1.82) is 0 Å². The lowest BCUT2D eigenvalue weighted by molar-refractivity contribution is 0.0381. The summed E-state index contributed by atoms with van der Waals surface area (Å²) in [6, 6.07) is 34.6. The summed E-state index contributed by atoms with van der Waals surface area (Å²) in [6.07, 6.45) is 0. The molecule has 7 N–H and O–H groups in total. The molecule has 19 nitrogen and oxygen atoms in total. The molecule has 4 aliphatic rings. The van der Waals surface area contributed by atoms with E-state index in [0.717, 1.165) is 23.9 Å². The number of rotatable bonds is 14. The molecule has 10 rings (SSSR count). The lowest BCUT2D eigenvalue weighted by Crippen LogP contribution is -2.27. The lowest BCUT2D eigenvalue weighted by atomic mass is 9.88. The molecule has 2 amide bonds. The summed E-state index contributed by atoms with van der Waals surface area (Å²) in [4.78, 5) is 91.2. The molecule has 19 heteroatoms. The smallest absolute Gasteiger partial charge is 0.363 e. The van der Waals surface area contributed by atoms with Crippen molar-refractivity contribution in [2.75, 3.05) is 25.5 Å². The second kappa shape index (κ2) is 20.6. The lowest BCUT2D eigenvalue weighted by Gasteiger charge is -2.19. The Labute approximate surface area is 441 Å². The number of benzene rings is 7. The molecule has 0 radical (unpaired) electrons. The van der Waals surface area contributed by atoms with E-state index in [0.29, 0.717) is 61.0 Å². The molecular weight excluding hydrogens is 1000 g/mol. The number of aromatic hydroxyl groups is 3. The number of carboxylic acid groups (broad SMARTS) is 2. The van der Waals surface area contributed by atoms with Crippen LogP contribution in [-0.2, 0) is 13.1 Å². The van der Waals surface area contributed by atoms with Crippen molar-refractivity contribution < 1.29 is 63.2 Å². The Bertz CT molecular complexity index is 4150. The second-order valence-electron chi connectivity index (χ2n) is 18.2. The van der Waals surface area contributed by atoms with Gasteiger partial charge in [-0.15, -0.1) is 4.73 Å². The molecule has 5 aromatic carbocycles. The predicted molar refractivity (Wildman–Crippen MR) is 286 cm³/mol. The third kappa shape index (κ3) is 9.65. The fourth-order valence-electron chi connectivity index (χ4n) is 9.26. The van der Waals surface area contributed by atoms with Gasteiger partial charge in [0.15, 0.2) is 5.43 Å². The number of carboxylic acids is 2. The van der Waals surface area contributed by atoms with Crippen LogP contribution in [-0.4, -0.2) is 80.6 Å². The van der Waals surface area contributed by atoms with Gasteiger partial charge in [-0.05, 0) is 109 Å². The van der Waals surface area contributed by atoms with Crippen molar-refractivity contribution >= 4 is 57.3 Å². The van der Waals surface area contributed by atoms with Crippen LogP contribution in [0.3, 0.4) is 0 Å². The van der Waals surface area contributed by atoms with Crippen LogP contribution < -0.4 is 31.2 Å². The van der Waals surface area contributed by atoms with E-state index in [2.05, 4.69) is 15.6 Å². The minimum atomic E-state index is -1.45. The van der Waals surface area contributed by atoms with Crippen LogP contribution in [0, 0.1) is 0 Å². The SMILES string of the molecule is CCN=c1ccc2c(-c3ccc(C(=O)NCc4ccc(C(=O)NCc5c6oc7cc(O)ccc7c(-c7ccc(C(=O)On8c(O)ccc8O)cc7C(=O)O)c-6ccc5=O)cc4)cc3C(=O)O)c3ccc(N(C)C)cc3oc-2c1. The first-order chi connectivity index (χ1) is 37.5. The number of anilines is 1. The quantitative estimate of drug-likeness (QED) is 0.0503. The number of phenolic OH excluding ortho intramolecular Hbond substituents is 1. The summed E-state index contributed by atoms with van der Waals surface area (Å²) in [6.45, 7) is 2.15. The molecule has 2 aliphatic heterocycles. The zero-order chi connectivity index (χ0) is 55.1. The number of phenols is 1. The second-order valence-corrected chi connectivity index (χ2v) is 18.2. The summed E-state index contributed by atoms with van der Waals surface area (Å²) < 4.78 is 13.1. The van der Waals surface area contributed by atoms with Gasteiger partial charge in [0, 0.05) is 107 Å². The van der Waals surface area contributed by atoms with Crippen LogP contribution in [0.5, 0.6) is 17.5 Å². The van der Waals surface area contributed by atoms with Crippen LogP contribution in [0.4, 0.5) is 5.69 Å². The molecule has 0 bridgehead atoms. The fourth-order valence-corrected chi connectivity index (χ4v) is 9.26. The van der Waals surface area contributed by atoms with E-state index in [-0.39, 0.29) is 80.3 Å². The van der Waals surface area contributed by atoms with Gasteiger partial charge in [-0.25, -0.2) is 14.4 Å². The highest BCUT2D eigenvalue weighted by Gasteiger charge is 2.28. The predicted octanol–water partition coefficient (Wildman–Crippen LogP) is 8.51. The molecule has 0 fully saturated rings. The number of nitrogens with one attached hydrogen (secondary N) is 2. The number of hydrogen-bond acceptors (Lipinski definition) is 14. The monoisotopic (exact) mass is 1050 g/mol. The van der Waals surface area contributed by atoms with Crippen molar-refractivity contribution in [3.8, 4) is 62.4 Å². The Balaban J connectivity index is 0.870. The fraction of sp³-hybridized carbons (Fsp3) is 0.102. The average molecular weight is 1050 g/mol. The number of nitrogens with zero attached hydrogens (tertiary/aromatic N) is 3. The largest absolute Gasteiger partial charge is 0.508 e. The van der Waals surface area contributed by atoms with Gasteiger partial charge in [-0.1, -0.05) is 24.3 Å². The van der Waals surface area contributed by atoms with Crippen molar-refractivity contribution in [3.63, 3.8) is 0 Å². The van der Waals surface area contributed by atoms with Gasteiger partial charge in [0.2, 0.25) is 11.8 Å². The topological polar surface area (TPSA) is 284 Å². The van der Waals surface area contributed by atoms with Gasteiger partial charge in [0.1, 0.15) is 28.4 Å². The van der Waals surface area contributed by atoms with Crippen LogP contribution in [0.2, 0.25) is 0 Å². The van der Waals surface area contributed by atoms with Crippen LogP contribution in [0.1, 0.15) is 69.8 Å². The Morgan fingerprint density at radius 3 is 1.85 bits per heavy atom. The van der Waals surface area contributed by atoms with E-state index in [9.17, 15) is 54.3 Å². The van der Waals surface area contributed by atoms with E-state index in [1.165, 1.54) is 60.7 Å². The summed E-state index contributed by atoms with van der Waals surface area (Å²) in [5, 5.41) is 58.7. The molecule has 3 heterocycles. The van der Waals surface area contributed by atoms with Gasteiger partial charge >= 0.3 is 17.9 Å². The van der Waals surface area contributed by atoms with Crippen LogP contribution in [0.15, 0.2) is 158 Å². The molecule has 6 aromatic rings. The standard InChI is InChI=1S/C59H45N5O14/c1-4-60-34-11-16-39-47(25-34)76-48-26-35(63(2)3)12-17-40(48)52(39)37-14-9-32(23-43(37)57(71)72)56(70)61-28-30-5-7-31(8-6-30)55(69)62-29-45-46(66)20-19-42-53(41-18-13-36(65)27-49(41)77-54(42)45)38-15-10-33(24-44(38)58(73)74)59(75)78-64-50(67)21-22-51(64)68/h5-27,65,67-68H,4,28-29H2,1-3H3,(H,61,70)(H,62,69)(H,71,72)(H,73,74). The first-order valence-corrected chi connectivity index (χ1v) is 24.1. The number of fused-ring (bicyclic) bond motifs is 4. The number of aromatic nitrogens is 1. The van der Waals surface area contributed by atoms with Gasteiger partial charge in [0.25, 0.3) is 11.8 Å². The third-order valence-electron chi connectivity index (χ3n) is 13.1. The summed E-state index contributed by atoms with van der Waals surface area (Å²) in [7, 11) is 3.81. The highest BCUT2D eigenvalue weighted by molar-refractivity contribution is 6.11. The van der Waals surface area contributed by atoms with Crippen molar-refractivity contribution in [3.05, 3.63) is 194 Å². The molecule has 0 spiro atoms. The third-order valence-corrected chi connectivity index (χ3v) is 13.1. The zero-order valence-corrected chi connectivity index (χ0v) is 41.7. The average Bonchev–Trinajstić information content (AvgIpc) is 3.84. The Hall–Kier alpha value is -10.7. The van der Waals surface area contributed by atoms with Crippen molar-refractivity contribution in [2.45, 2.75) is 20.0 Å². The normalized spacial score (nSPS) is 11.6.